The number of ketones is 2. The lowest BCUT2D eigenvalue weighted by atomic mass is 9.79. The summed E-state index contributed by atoms with van der Waals surface area (Å²) in [7, 11) is 0. The van der Waals surface area contributed by atoms with Gasteiger partial charge in [-0.3, -0.25) is 14.4 Å². The van der Waals surface area contributed by atoms with Crippen LogP contribution in [-0.4, -0.2) is 22.6 Å². The van der Waals surface area contributed by atoms with Crippen LogP contribution in [0.4, 0.5) is 0 Å². The molecule has 5 heteroatoms. The summed E-state index contributed by atoms with van der Waals surface area (Å²) in [6.07, 6.45) is 4.01. The van der Waals surface area contributed by atoms with Crippen LogP contribution in [0.5, 0.6) is 0 Å². The molecule has 2 rings (SSSR count). The molecule has 4 nitrogen and oxygen atoms in total. The zero-order valence-electron chi connectivity index (χ0n) is 11.3. The van der Waals surface area contributed by atoms with Crippen LogP contribution in [0.2, 0.25) is 5.02 Å². The van der Waals surface area contributed by atoms with Gasteiger partial charge in [-0.05, 0) is 37.1 Å². The molecular weight excluding hydrogens is 292 g/mol. The van der Waals surface area contributed by atoms with Crippen molar-refractivity contribution >= 4 is 29.1 Å². The Morgan fingerprint density at radius 2 is 1.62 bits per heavy atom. The summed E-state index contributed by atoms with van der Waals surface area (Å²) in [5, 5.41) is 9.67. The summed E-state index contributed by atoms with van der Waals surface area (Å²) in [5.41, 5.74) is 0.408. The van der Waals surface area contributed by atoms with E-state index in [4.69, 9.17) is 16.7 Å². The second kappa shape index (κ2) is 6.68. The highest BCUT2D eigenvalue weighted by molar-refractivity contribution is 6.30. The summed E-state index contributed by atoms with van der Waals surface area (Å²) >= 11 is 5.75. The molecule has 1 aromatic carbocycles. The van der Waals surface area contributed by atoms with Gasteiger partial charge in [-0.2, -0.15) is 0 Å². The van der Waals surface area contributed by atoms with Crippen LogP contribution in [0.1, 0.15) is 29.6 Å². The van der Waals surface area contributed by atoms with Gasteiger partial charge in [0.15, 0.2) is 5.78 Å². The summed E-state index contributed by atoms with van der Waals surface area (Å²) in [5.74, 6) is -2.97. The van der Waals surface area contributed by atoms with E-state index in [1.54, 1.807) is 36.4 Å². The number of hydrogen-bond donors (Lipinski definition) is 1. The van der Waals surface area contributed by atoms with Crippen molar-refractivity contribution in [1.29, 1.82) is 0 Å². The maximum absolute atomic E-state index is 12.2. The lowest BCUT2D eigenvalue weighted by Crippen LogP contribution is -2.32. The number of carbonyl (C=O) groups excluding carboxylic acids is 2. The second-order valence-corrected chi connectivity index (χ2v) is 5.50. The molecule has 0 aliphatic heterocycles. The lowest BCUT2D eigenvalue weighted by molar-refractivity contribution is -0.146. The van der Waals surface area contributed by atoms with E-state index in [0.717, 1.165) is 0 Å². The molecule has 1 aliphatic rings. The van der Waals surface area contributed by atoms with E-state index < -0.39 is 17.8 Å². The number of carbonyl (C=O) groups is 3. The molecule has 0 fully saturated rings. The maximum atomic E-state index is 12.2. The Bertz CT molecular complexity index is 589. The van der Waals surface area contributed by atoms with Crippen molar-refractivity contribution < 1.29 is 19.5 Å². The minimum Gasteiger partial charge on any atom is -0.481 e. The third-order valence-electron chi connectivity index (χ3n) is 3.66. The zero-order chi connectivity index (χ0) is 15.4. The third-order valence-corrected chi connectivity index (χ3v) is 3.92. The van der Waals surface area contributed by atoms with Gasteiger partial charge >= 0.3 is 5.97 Å². The number of rotatable bonds is 5. The molecule has 1 aromatic rings. The van der Waals surface area contributed by atoms with Gasteiger partial charge in [0.2, 0.25) is 0 Å². The fraction of sp³-hybridized carbons (Fsp3) is 0.312. The number of carboxylic acids is 1. The Balaban J connectivity index is 2.06. The van der Waals surface area contributed by atoms with E-state index in [-0.39, 0.29) is 18.0 Å². The maximum Gasteiger partial charge on any atom is 0.307 e. The minimum absolute atomic E-state index is 0.274. The number of hydrogen-bond acceptors (Lipinski definition) is 3. The number of Topliss-reactive ketones (excluding diaryl/α,β-unsaturated/α-hetero) is 2. The molecule has 0 radical (unpaired) electrons. The van der Waals surface area contributed by atoms with Gasteiger partial charge in [-0.15, -0.1) is 0 Å². The highest BCUT2D eigenvalue weighted by atomic mass is 35.5. The van der Waals surface area contributed by atoms with Crippen molar-refractivity contribution in [3.05, 3.63) is 47.0 Å². The average molecular weight is 307 g/mol. The number of allylic oxidation sites excluding steroid dienone is 2. The molecule has 0 bridgehead atoms. The molecule has 2 atom stereocenters. The van der Waals surface area contributed by atoms with Gasteiger partial charge < -0.3 is 5.11 Å². The number of aliphatic carboxylic acids is 1. The monoisotopic (exact) mass is 306 g/mol. The van der Waals surface area contributed by atoms with Gasteiger partial charge in [0.1, 0.15) is 5.78 Å². The standard InChI is InChI=1S/C16H15ClO4/c17-11-7-5-10(6-8-11)14(18)9-15(19)12-3-1-2-4-13(12)16(20)21/h1-2,5-8,12-13H,3-4,9H2,(H,20,21)/t12-,13+/m1/s1. The van der Waals surface area contributed by atoms with Crippen molar-refractivity contribution in [2.75, 3.05) is 0 Å². The highest BCUT2D eigenvalue weighted by Gasteiger charge is 2.34. The van der Waals surface area contributed by atoms with Gasteiger partial charge in [0.05, 0.1) is 12.3 Å². The van der Waals surface area contributed by atoms with Crippen LogP contribution in [0, 0.1) is 11.8 Å². The quantitative estimate of drug-likeness (QED) is 0.515. The largest absolute Gasteiger partial charge is 0.481 e. The Morgan fingerprint density at radius 3 is 2.19 bits per heavy atom. The average Bonchev–Trinajstić information content (AvgIpc) is 2.47. The fourth-order valence-corrected chi connectivity index (χ4v) is 2.60. The van der Waals surface area contributed by atoms with E-state index in [2.05, 4.69) is 0 Å². The molecule has 1 N–H and O–H groups in total. The third kappa shape index (κ3) is 3.79. The van der Waals surface area contributed by atoms with Gasteiger partial charge in [0, 0.05) is 16.5 Å². The van der Waals surface area contributed by atoms with Crippen molar-refractivity contribution in [2.24, 2.45) is 11.8 Å². The highest BCUT2D eigenvalue weighted by Crippen LogP contribution is 2.28. The van der Waals surface area contributed by atoms with E-state index >= 15 is 0 Å². The first-order chi connectivity index (χ1) is 9.99. The number of benzene rings is 1. The Kier molecular flexibility index (Phi) is 4.91. The van der Waals surface area contributed by atoms with Crippen molar-refractivity contribution in [3.8, 4) is 0 Å². The SMILES string of the molecule is O=C(CC(=O)[C@@H]1CC=CC[C@@H]1C(=O)O)c1ccc(Cl)cc1. The smallest absolute Gasteiger partial charge is 0.307 e. The fourth-order valence-electron chi connectivity index (χ4n) is 2.47. The van der Waals surface area contributed by atoms with Crippen LogP contribution in [0.25, 0.3) is 0 Å². The van der Waals surface area contributed by atoms with E-state index in [9.17, 15) is 14.4 Å². The summed E-state index contributed by atoms with van der Waals surface area (Å²) < 4.78 is 0. The molecule has 0 heterocycles. The molecule has 1 aliphatic carbocycles. The zero-order valence-corrected chi connectivity index (χ0v) is 12.0. The van der Waals surface area contributed by atoms with Crippen LogP contribution in [0.3, 0.4) is 0 Å². The molecule has 21 heavy (non-hydrogen) atoms. The first kappa shape index (κ1) is 15.4. The molecular formula is C16H15ClO4. The Labute approximate surface area is 127 Å². The van der Waals surface area contributed by atoms with E-state index in [1.165, 1.54) is 0 Å². The van der Waals surface area contributed by atoms with Crippen LogP contribution >= 0.6 is 11.6 Å². The van der Waals surface area contributed by atoms with Crippen molar-refractivity contribution in [1.82, 2.24) is 0 Å². The Hall–Kier alpha value is -1.94. The lowest BCUT2D eigenvalue weighted by Gasteiger charge is -2.23. The topological polar surface area (TPSA) is 71.4 Å². The Morgan fingerprint density at radius 1 is 1.05 bits per heavy atom. The van der Waals surface area contributed by atoms with Gasteiger partial charge in [-0.1, -0.05) is 23.8 Å². The molecule has 0 saturated heterocycles. The van der Waals surface area contributed by atoms with E-state index in [0.29, 0.717) is 23.4 Å². The summed E-state index contributed by atoms with van der Waals surface area (Å²) in [4.78, 5) is 35.5. The number of carboxylic acid groups (broad SMARTS) is 1. The molecule has 110 valence electrons. The molecule has 0 amide bonds. The van der Waals surface area contributed by atoms with Crippen LogP contribution in [0.15, 0.2) is 36.4 Å². The van der Waals surface area contributed by atoms with Gasteiger partial charge in [-0.25, -0.2) is 0 Å². The predicted molar refractivity (Wildman–Crippen MR) is 78.4 cm³/mol. The number of halogens is 1. The van der Waals surface area contributed by atoms with Crippen LogP contribution < -0.4 is 0 Å². The predicted octanol–water partition coefficient (Wildman–Crippen LogP) is 3.15. The van der Waals surface area contributed by atoms with Crippen molar-refractivity contribution in [2.45, 2.75) is 19.3 Å². The van der Waals surface area contributed by atoms with Crippen LogP contribution in [-0.2, 0) is 9.59 Å². The van der Waals surface area contributed by atoms with E-state index in [1.807, 2.05) is 0 Å². The first-order valence-corrected chi connectivity index (χ1v) is 7.06. The van der Waals surface area contributed by atoms with Gasteiger partial charge in [0.25, 0.3) is 0 Å². The molecule has 0 aromatic heterocycles. The first-order valence-electron chi connectivity index (χ1n) is 6.68. The normalized spacial score (nSPS) is 21.0. The summed E-state index contributed by atoms with van der Waals surface area (Å²) in [6, 6.07) is 6.30. The minimum atomic E-state index is -0.989. The van der Waals surface area contributed by atoms with Crippen molar-refractivity contribution in [3.63, 3.8) is 0 Å². The molecule has 0 saturated carbocycles. The second-order valence-electron chi connectivity index (χ2n) is 5.07. The summed E-state index contributed by atoms with van der Waals surface area (Å²) in [6.45, 7) is 0. The molecule has 0 unspecified atom stereocenters. The molecule has 0 spiro atoms.